The highest BCUT2D eigenvalue weighted by molar-refractivity contribution is 9.10. The summed E-state index contributed by atoms with van der Waals surface area (Å²) in [4.78, 5) is 23.4. The van der Waals surface area contributed by atoms with Crippen LogP contribution in [0.4, 0.5) is 5.69 Å². The van der Waals surface area contributed by atoms with Gasteiger partial charge in [-0.1, -0.05) is 28.1 Å². The SMILES string of the molecule is COc1cccc(/C=C/C(=O)OCC(=O)Nc2ccc(Br)cc2)c1. The van der Waals surface area contributed by atoms with Crippen molar-refractivity contribution in [2.24, 2.45) is 0 Å². The molecule has 0 radical (unpaired) electrons. The van der Waals surface area contributed by atoms with Crippen LogP contribution in [0.5, 0.6) is 5.75 Å². The first-order valence-corrected chi connectivity index (χ1v) is 7.90. The van der Waals surface area contributed by atoms with Crippen molar-refractivity contribution in [3.05, 3.63) is 64.6 Å². The molecule has 2 aromatic rings. The lowest BCUT2D eigenvalue weighted by molar-refractivity contribution is -0.142. The van der Waals surface area contributed by atoms with E-state index in [0.29, 0.717) is 11.4 Å². The average Bonchev–Trinajstić information content (AvgIpc) is 2.60. The van der Waals surface area contributed by atoms with Crippen molar-refractivity contribution >= 4 is 39.6 Å². The fourth-order valence-corrected chi connectivity index (χ4v) is 2.09. The zero-order valence-electron chi connectivity index (χ0n) is 13.0. The van der Waals surface area contributed by atoms with E-state index in [0.717, 1.165) is 10.0 Å². The summed E-state index contributed by atoms with van der Waals surface area (Å²) in [6, 6.07) is 14.3. The Kier molecular flexibility index (Phi) is 6.57. The zero-order chi connectivity index (χ0) is 17.4. The summed E-state index contributed by atoms with van der Waals surface area (Å²) in [6.07, 6.45) is 2.86. The molecule has 1 amide bonds. The second kappa shape index (κ2) is 8.88. The summed E-state index contributed by atoms with van der Waals surface area (Å²) in [6.45, 7) is -0.350. The highest BCUT2D eigenvalue weighted by Crippen LogP contribution is 2.14. The van der Waals surface area contributed by atoms with E-state index in [1.54, 1.807) is 43.5 Å². The molecule has 0 aromatic heterocycles. The van der Waals surface area contributed by atoms with Gasteiger partial charge < -0.3 is 14.8 Å². The number of carbonyl (C=O) groups is 2. The number of anilines is 1. The Bertz CT molecular complexity index is 741. The molecule has 0 atom stereocenters. The summed E-state index contributed by atoms with van der Waals surface area (Å²) >= 11 is 3.31. The summed E-state index contributed by atoms with van der Waals surface area (Å²) < 4.78 is 10.9. The third kappa shape index (κ3) is 5.89. The lowest BCUT2D eigenvalue weighted by Crippen LogP contribution is -2.20. The smallest absolute Gasteiger partial charge is 0.331 e. The number of halogens is 1. The lowest BCUT2D eigenvalue weighted by Gasteiger charge is -2.05. The molecule has 0 spiro atoms. The maximum Gasteiger partial charge on any atom is 0.331 e. The molecular formula is C18H16BrNO4. The normalized spacial score (nSPS) is 10.4. The maximum absolute atomic E-state index is 11.7. The molecule has 0 heterocycles. The van der Waals surface area contributed by atoms with Crippen molar-refractivity contribution in [3.63, 3.8) is 0 Å². The van der Waals surface area contributed by atoms with E-state index in [1.807, 2.05) is 18.2 Å². The van der Waals surface area contributed by atoms with Crippen molar-refractivity contribution in [3.8, 4) is 5.75 Å². The number of hydrogen-bond donors (Lipinski definition) is 1. The minimum atomic E-state index is -0.594. The Morgan fingerprint density at radius 1 is 1.17 bits per heavy atom. The van der Waals surface area contributed by atoms with E-state index < -0.39 is 11.9 Å². The number of benzene rings is 2. The molecule has 0 aliphatic rings. The van der Waals surface area contributed by atoms with Gasteiger partial charge in [0.25, 0.3) is 5.91 Å². The molecule has 6 heteroatoms. The van der Waals surface area contributed by atoms with E-state index in [1.165, 1.54) is 6.08 Å². The minimum Gasteiger partial charge on any atom is -0.497 e. The van der Waals surface area contributed by atoms with Crippen LogP contribution >= 0.6 is 15.9 Å². The molecular weight excluding hydrogens is 374 g/mol. The largest absolute Gasteiger partial charge is 0.497 e. The van der Waals surface area contributed by atoms with Crippen LogP contribution in [0.2, 0.25) is 0 Å². The first kappa shape index (κ1) is 17.7. The van der Waals surface area contributed by atoms with E-state index >= 15 is 0 Å². The van der Waals surface area contributed by atoms with Gasteiger partial charge in [-0.2, -0.15) is 0 Å². The average molecular weight is 390 g/mol. The Morgan fingerprint density at radius 3 is 2.62 bits per heavy atom. The molecule has 124 valence electrons. The third-order valence-corrected chi connectivity index (χ3v) is 3.51. The van der Waals surface area contributed by atoms with Crippen molar-refractivity contribution in [2.45, 2.75) is 0 Å². The van der Waals surface area contributed by atoms with Gasteiger partial charge in [-0.05, 0) is 48.0 Å². The van der Waals surface area contributed by atoms with Crippen molar-refractivity contribution in [2.75, 3.05) is 19.0 Å². The second-order valence-electron chi connectivity index (χ2n) is 4.77. The minimum absolute atomic E-state index is 0.350. The van der Waals surface area contributed by atoms with Gasteiger partial charge in [-0.25, -0.2) is 4.79 Å². The molecule has 0 aliphatic heterocycles. The fraction of sp³-hybridized carbons (Fsp3) is 0.111. The molecule has 0 unspecified atom stereocenters. The Balaban J connectivity index is 1.80. The quantitative estimate of drug-likeness (QED) is 0.604. The van der Waals surface area contributed by atoms with Crippen LogP contribution in [0, 0.1) is 0 Å². The van der Waals surface area contributed by atoms with Gasteiger partial charge >= 0.3 is 5.97 Å². The number of rotatable bonds is 6. The topological polar surface area (TPSA) is 64.6 Å². The lowest BCUT2D eigenvalue weighted by atomic mass is 10.2. The van der Waals surface area contributed by atoms with E-state index in [9.17, 15) is 9.59 Å². The van der Waals surface area contributed by atoms with Gasteiger partial charge in [-0.3, -0.25) is 4.79 Å². The summed E-state index contributed by atoms with van der Waals surface area (Å²) in [7, 11) is 1.57. The van der Waals surface area contributed by atoms with Gasteiger partial charge in [0.2, 0.25) is 0 Å². The summed E-state index contributed by atoms with van der Waals surface area (Å²) in [5.74, 6) is -0.302. The predicted octanol–water partition coefficient (Wildman–Crippen LogP) is 3.65. The number of ether oxygens (including phenoxy) is 2. The van der Waals surface area contributed by atoms with Crippen molar-refractivity contribution in [1.82, 2.24) is 0 Å². The first-order valence-electron chi connectivity index (χ1n) is 7.11. The number of hydrogen-bond acceptors (Lipinski definition) is 4. The molecule has 1 N–H and O–H groups in total. The monoisotopic (exact) mass is 389 g/mol. The molecule has 0 aliphatic carbocycles. The van der Waals surface area contributed by atoms with Crippen molar-refractivity contribution < 1.29 is 19.1 Å². The van der Waals surface area contributed by atoms with E-state index in [4.69, 9.17) is 9.47 Å². The van der Waals surface area contributed by atoms with E-state index in [-0.39, 0.29) is 6.61 Å². The zero-order valence-corrected chi connectivity index (χ0v) is 14.6. The Labute approximate surface area is 148 Å². The van der Waals surface area contributed by atoms with Gasteiger partial charge in [0.05, 0.1) is 7.11 Å². The number of methoxy groups -OCH3 is 1. The number of carbonyl (C=O) groups excluding carboxylic acids is 2. The summed E-state index contributed by atoms with van der Waals surface area (Å²) in [5.41, 5.74) is 1.43. The van der Waals surface area contributed by atoms with E-state index in [2.05, 4.69) is 21.2 Å². The second-order valence-corrected chi connectivity index (χ2v) is 5.69. The predicted molar refractivity (Wildman–Crippen MR) is 95.8 cm³/mol. The maximum atomic E-state index is 11.7. The summed E-state index contributed by atoms with van der Waals surface area (Å²) in [5, 5.41) is 2.64. The van der Waals surface area contributed by atoms with Gasteiger partial charge in [0.1, 0.15) is 5.75 Å². The standard InChI is InChI=1S/C18H16BrNO4/c1-23-16-4-2-3-13(11-16)5-10-18(22)24-12-17(21)20-15-8-6-14(19)7-9-15/h2-11H,12H2,1H3,(H,20,21)/b10-5+. The molecule has 5 nitrogen and oxygen atoms in total. The van der Waals surface area contributed by atoms with Crippen LogP contribution in [0.1, 0.15) is 5.56 Å². The van der Waals surface area contributed by atoms with Crippen LogP contribution < -0.4 is 10.1 Å². The molecule has 0 bridgehead atoms. The molecule has 0 saturated heterocycles. The van der Waals surface area contributed by atoms with Crippen LogP contribution in [-0.4, -0.2) is 25.6 Å². The van der Waals surface area contributed by atoms with Gasteiger partial charge in [0.15, 0.2) is 6.61 Å². The number of amides is 1. The first-order chi connectivity index (χ1) is 11.6. The van der Waals surface area contributed by atoms with Crippen LogP contribution in [0.25, 0.3) is 6.08 Å². The number of esters is 1. The Morgan fingerprint density at radius 2 is 1.92 bits per heavy atom. The molecule has 24 heavy (non-hydrogen) atoms. The number of nitrogens with one attached hydrogen (secondary N) is 1. The fourth-order valence-electron chi connectivity index (χ4n) is 1.82. The van der Waals surface area contributed by atoms with Crippen LogP contribution in [0.15, 0.2) is 59.1 Å². The van der Waals surface area contributed by atoms with Crippen molar-refractivity contribution in [1.29, 1.82) is 0 Å². The van der Waals surface area contributed by atoms with Gasteiger partial charge in [-0.15, -0.1) is 0 Å². The van der Waals surface area contributed by atoms with Crippen LogP contribution in [-0.2, 0) is 14.3 Å². The van der Waals surface area contributed by atoms with Crippen LogP contribution in [0.3, 0.4) is 0 Å². The molecule has 0 saturated carbocycles. The Hall–Kier alpha value is -2.60. The molecule has 2 aromatic carbocycles. The van der Waals surface area contributed by atoms with Gasteiger partial charge in [0, 0.05) is 16.2 Å². The highest BCUT2D eigenvalue weighted by atomic mass is 79.9. The highest BCUT2D eigenvalue weighted by Gasteiger charge is 2.05. The molecule has 0 fully saturated rings. The molecule has 2 rings (SSSR count). The third-order valence-electron chi connectivity index (χ3n) is 2.98.